The summed E-state index contributed by atoms with van der Waals surface area (Å²) in [5.74, 6) is -2.14. The molecule has 3 heterocycles. The maximum absolute atomic E-state index is 13.1. The van der Waals surface area contributed by atoms with Crippen LogP contribution in [0.25, 0.3) is 16.8 Å². The van der Waals surface area contributed by atoms with Gasteiger partial charge in [0.25, 0.3) is 0 Å². The van der Waals surface area contributed by atoms with Crippen LogP contribution in [-0.2, 0) is 32.2 Å². The van der Waals surface area contributed by atoms with Crippen molar-refractivity contribution in [2.45, 2.75) is 68.8 Å². The Morgan fingerprint density at radius 1 is 0.909 bits per heavy atom. The Morgan fingerprint density at radius 3 is 2.40 bits per heavy atom. The second kappa shape index (κ2) is 16.7. The molecule has 2 aliphatic heterocycles. The number of carbonyl (C=O) groups is 2. The van der Waals surface area contributed by atoms with E-state index in [0.29, 0.717) is 22.2 Å². The van der Waals surface area contributed by atoms with Crippen LogP contribution in [0.2, 0.25) is 0 Å². The van der Waals surface area contributed by atoms with Crippen LogP contribution in [0.15, 0.2) is 108 Å². The Morgan fingerprint density at radius 2 is 1.65 bits per heavy atom. The van der Waals surface area contributed by atoms with E-state index in [1.807, 2.05) is 103 Å². The molecule has 0 radical (unpaired) electrons. The average molecular weight is 773 g/mol. The van der Waals surface area contributed by atoms with Crippen LogP contribution in [0, 0.1) is 5.92 Å². The minimum atomic E-state index is -5.03. The molecule has 5 aromatic rings. The Hall–Kier alpha value is -5.09. The highest BCUT2D eigenvalue weighted by atomic mass is 32.2. The van der Waals surface area contributed by atoms with E-state index < -0.39 is 30.3 Å². The molecule has 286 valence electrons. The molecule has 0 aliphatic carbocycles. The van der Waals surface area contributed by atoms with Crippen LogP contribution in [0.1, 0.15) is 54.4 Å². The van der Waals surface area contributed by atoms with Crippen molar-refractivity contribution in [1.82, 2.24) is 30.4 Å². The summed E-state index contributed by atoms with van der Waals surface area (Å²) in [6, 6.07) is 31.5. The first-order chi connectivity index (χ1) is 26.6. The molecular weight excluding hydrogens is 734 g/mol. The van der Waals surface area contributed by atoms with Gasteiger partial charge in [-0.2, -0.15) is 17.9 Å². The summed E-state index contributed by atoms with van der Waals surface area (Å²) in [6.45, 7) is 1.99. The van der Waals surface area contributed by atoms with Crippen molar-refractivity contribution in [3.63, 3.8) is 0 Å². The lowest BCUT2D eigenvalue weighted by atomic mass is 9.91. The summed E-state index contributed by atoms with van der Waals surface area (Å²) in [5.41, 5.74) is 5.84. The summed E-state index contributed by atoms with van der Waals surface area (Å²) in [4.78, 5) is 25.4. The van der Waals surface area contributed by atoms with Crippen LogP contribution in [0.5, 0.6) is 0 Å². The largest absolute Gasteiger partial charge is 0.471 e. The van der Waals surface area contributed by atoms with Gasteiger partial charge >= 0.3 is 12.1 Å². The van der Waals surface area contributed by atoms with Gasteiger partial charge in [-0.3, -0.25) is 9.59 Å². The SMILES string of the molecule is C[C@@H]1[C@H](CSc2nnnn2-c2ccccc2)O[C@H](c2cccc(-c3cccc(CNC(=O)[C@@H]4CCCN4C(=O)C(F)(F)F)c3)c2)O[C@@H]1c1ccc(CO)cc1. The zero-order valence-electron chi connectivity index (χ0n) is 29.8. The Kier molecular flexibility index (Phi) is 11.6. The van der Waals surface area contributed by atoms with Gasteiger partial charge in [0, 0.05) is 30.3 Å². The standard InChI is InChI=1S/C40H39F3N6O5S/c1-25-34(24-55-39-45-46-47-49(39)32-12-3-2-4-13-32)53-37(54-35(25)28-17-15-26(23-50)16-18-28)31-11-6-10-30(21-31)29-9-5-8-27(20-29)22-44-36(51)33-14-7-19-48(33)38(52)40(41,42)43/h2-6,8-13,15-18,20-21,25,33-35,37,50H,7,14,19,22-24H2,1H3,(H,44,51)/t25-,33+,34+,35+,37+/m1/s1. The molecule has 2 N–H and O–H groups in total. The molecule has 2 saturated heterocycles. The van der Waals surface area contributed by atoms with E-state index in [-0.39, 0.29) is 44.2 Å². The number of carbonyl (C=O) groups excluding carboxylic acids is 2. The summed E-state index contributed by atoms with van der Waals surface area (Å²) in [7, 11) is 0. The number of benzene rings is 4. The van der Waals surface area contributed by atoms with Crippen molar-refractivity contribution < 1.29 is 37.3 Å². The topological polar surface area (TPSA) is 132 Å². The van der Waals surface area contributed by atoms with E-state index in [9.17, 15) is 27.9 Å². The van der Waals surface area contributed by atoms with E-state index in [1.165, 1.54) is 11.8 Å². The van der Waals surface area contributed by atoms with Crippen molar-refractivity contribution >= 4 is 23.6 Å². The van der Waals surface area contributed by atoms with Gasteiger partial charge < -0.3 is 24.8 Å². The fourth-order valence-corrected chi connectivity index (χ4v) is 8.00. The molecule has 4 aromatic carbocycles. The quantitative estimate of drug-likeness (QED) is 0.143. The minimum absolute atomic E-state index is 0.0645. The first-order valence-electron chi connectivity index (χ1n) is 17.9. The molecule has 55 heavy (non-hydrogen) atoms. The Balaban J connectivity index is 1.08. The number of alkyl halides is 3. The molecular formula is C40H39F3N6O5S. The molecule has 2 aliphatic rings. The van der Waals surface area contributed by atoms with Crippen molar-refractivity contribution in [3.8, 4) is 16.8 Å². The number of thioether (sulfide) groups is 1. The highest BCUT2D eigenvalue weighted by Crippen LogP contribution is 2.43. The normalized spacial score (nSPS) is 21.4. The fourth-order valence-electron chi connectivity index (χ4n) is 6.94. The number of nitrogens with zero attached hydrogens (tertiary/aromatic N) is 5. The molecule has 0 unspecified atom stereocenters. The predicted molar refractivity (Wildman–Crippen MR) is 197 cm³/mol. The molecule has 5 atom stereocenters. The maximum atomic E-state index is 13.1. The van der Waals surface area contributed by atoms with E-state index in [4.69, 9.17) is 9.47 Å². The van der Waals surface area contributed by atoms with Crippen LogP contribution < -0.4 is 5.32 Å². The lowest BCUT2D eigenvalue weighted by Crippen LogP contribution is -2.50. The van der Waals surface area contributed by atoms with E-state index in [1.54, 1.807) is 4.68 Å². The Bertz CT molecular complexity index is 2100. The summed E-state index contributed by atoms with van der Waals surface area (Å²) < 4.78 is 54.4. The third kappa shape index (κ3) is 8.75. The molecule has 2 fully saturated rings. The molecule has 2 amide bonds. The second-order valence-corrected chi connectivity index (χ2v) is 14.5. The van der Waals surface area contributed by atoms with E-state index in [2.05, 4.69) is 27.8 Å². The number of amides is 2. The van der Waals surface area contributed by atoms with Gasteiger partial charge in [0.05, 0.1) is 24.5 Å². The number of nitrogens with one attached hydrogen (secondary N) is 1. The molecule has 11 nitrogen and oxygen atoms in total. The highest BCUT2D eigenvalue weighted by molar-refractivity contribution is 7.99. The number of likely N-dealkylation sites (tertiary alicyclic amines) is 1. The number of aliphatic hydroxyl groups excluding tert-OH is 1. The van der Waals surface area contributed by atoms with Crippen molar-refractivity contribution in [1.29, 1.82) is 0 Å². The number of aromatic nitrogens is 4. The van der Waals surface area contributed by atoms with E-state index in [0.717, 1.165) is 39.1 Å². The molecule has 1 aromatic heterocycles. The number of hydrogen-bond acceptors (Lipinski definition) is 9. The van der Waals surface area contributed by atoms with Crippen LogP contribution in [0.3, 0.4) is 0 Å². The van der Waals surface area contributed by atoms with Gasteiger partial charge in [0.15, 0.2) is 6.29 Å². The summed E-state index contributed by atoms with van der Waals surface area (Å²) >= 11 is 1.49. The Labute approximate surface area is 319 Å². The third-order valence-corrected chi connectivity index (χ3v) is 10.9. The fraction of sp³-hybridized carbons (Fsp3) is 0.325. The van der Waals surface area contributed by atoms with Gasteiger partial charge in [-0.25, -0.2) is 0 Å². The number of rotatable bonds is 11. The maximum Gasteiger partial charge on any atom is 0.471 e. The van der Waals surface area contributed by atoms with Gasteiger partial charge in [0.1, 0.15) is 6.04 Å². The van der Waals surface area contributed by atoms with Crippen LogP contribution in [0.4, 0.5) is 13.2 Å². The van der Waals surface area contributed by atoms with Crippen molar-refractivity contribution in [2.75, 3.05) is 12.3 Å². The predicted octanol–water partition coefficient (Wildman–Crippen LogP) is 6.57. The smallest absolute Gasteiger partial charge is 0.392 e. The lowest BCUT2D eigenvalue weighted by molar-refractivity contribution is -0.268. The molecule has 0 spiro atoms. The average Bonchev–Trinajstić information content (AvgIpc) is 3.90. The van der Waals surface area contributed by atoms with Crippen LogP contribution >= 0.6 is 11.8 Å². The van der Waals surface area contributed by atoms with Crippen molar-refractivity contribution in [2.24, 2.45) is 5.92 Å². The number of hydrogen-bond donors (Lipinski definition) is 2. The van der Waals surface area contributed by atoms with Gasteiger partial charge in [0.2, 0.25) is 11.1 Å². The van der Waals surface area contributed by atoms with Gasteiger partial charge in [-0.1, -0.05) is 97.5 Å². The number of aliphatic hydroxyl groups is 1. The zero-order valence-corrected chi connectivity index (χ0v) is 30.6. The van der Waals surface area contributed by atoms with Crippen LogP contribution in [-0.4, -0.2) is 72.6 Å². The summed E-state index contributed by atoms with van der Waals surface area (Å²) in [5, 5.41) is 25.3. The monoisotopic (exact) mass is 772 g/mol. The lowest BCUT2D eigenvalue weighted by Gasteiger charge is -2.41. The second-order valence-electron chi connectivity index (χ2n) is 13.5. The third-order valence-electron chi connectivity index (χ3n) is 9.89. The van der Waals surface area contributed by atoms with E-state index >= 15 is 0 Å². The molecule has 7 rings (SSSR count). The zero-order chi connectivity index (χ0) is 38.5. The van der Waals surface area contributed by atoms with Gasteiger partial charge in [-0.15, -0.1) is 5.10 Å². The first kappa shape index (κ1) is 38.2. The van der Waals surface area contributed by atoms with Crippen molar-refractivity contribution in [3.05, 3.63) is 125 Å². The molecule has 0 bridgehead atoms. The summed E-state index contributed by atoms with van der Waals surface area (Å²) in [6.07, 6.45) is -5.88. The number of tetrazole rings is 1. The minimum Gasteiger partial charge on any atom is -0.392 e. The highest BCUT2D eigenvalue weighted by Gasteiger charge is 2.47. The number of ether oxygens (including phenoxy) is 2. The number of halogens is 3. The van der Waals surface area contributed by atoms with Gasteiger partial charge in [-0.05, 0) is 75.4 Å². The number of para-hydroxylation sites is 1. The first-order valence-corrected chi connectivity index (χ1v) is 18.9. The molecule has 0 saturated carbocycles. The molecule has 15 heteroatoms.